The van der Waals surface area contributed by atoms with Crippen LogP contribution in [0.1, 0.15) is 11.1 Å². The number of hydrogen-bond acceptors (Lipinski definition) is 5. The highest BCUT2D eigenvalue weighted by atomic mass is 16.6. The summed E-state index contributed by atoms with van der Waals surface area (Å²) in [5, 5.41) is 23.4. The Hall–Kier alpha value is -3.02. The van der Waals surface area contributed by atoms with Gasteiger partial charge >= 0.3 is 11.7 Å². The van der Waals surface area contributed by atoms with Crippen molar-refractivity contribution in [2.45, 2.75) is 5.72 Å². The zero-order chi connectivity index (χ0) is 14.9. The van der Waals surface area contributed by atoms with E-state index >= 15 is 0 Å². The van der Waals surface area contributed by atoms with E-state index in [-0.39, 0.29) is 17.2 Å². The number of aromatic hydroxyl groups is 1. The van der Waals surface area contributed by atoms with Crippen molar-refractivity contribution in [3.8, 4) is 5.75 Å². The van der Waals surface area contributed by atoms with Crippen LogP contribution in [-0.4, -0.2) is 22.1 Å². The lowest BCUT2D eigenvalue weighted by Crippen LogP contribution is -2.46. The van der Waals surface area contributed by atoms with Gasteiger partial charge in [-0.25, -0.2) is 4.79 Å². The highest BCUT2D eigenvalue weighted by Gasteiger charge is 2.49. The van der Waals surface area contributed by atoms with E-state index in [1.54, 1.807) is 36.4 Å². The van der Waals surface area contributed by atoms with Crippen molar-refractivity contribution in [3.05, 3.63) is 65.7 Å². The Kier molecular flexibility index (Phi) is 2.98. The van der Waals surface area contributed by atoms with Crippen LogP contribution < -0.4 is 5.43 Å². The van der Waals surface area contributed by atoms with Crippen LogP contribution >= 0.6 is 0 Å². The summed E-state index contributed by atoms with van der Waals surface area (Å²) < 4.78 is 5.54. The average molecular weight is 284 g/mol. The minimum absolute atomic E-state index is 0.0900. The van der Waals surface area contributed by atoms with Crippen molar-refractivity contribution in [1.82, 2.24) is 5.43 Å². The fourth-order valence-electron chi connectivity index (χ4n) is 2.12. The number of para-hydroxylation sites is 1. The van der Waals surface area contributed by atoms with Gasteiger partial charge in [0.2, 0.25) is 5.90 Å². The van der Waals surface area contributed by atoms with Crippen LogP contribution in [0.5, 0.6) is 5.75 Å². The first kappa shape index (κ1) is 13.0. The number of nitrogens with zero attached hydrogens (tertiary/aromatic N) is 1. The lowest BCUT2D eigenvalue weighted by Gasteiger charge is -2.24. The third-order valence-electron chi connectivity index (χ3n) is 3.17. The first-order chi connectivity index (χ1) is 10.1. The number of phenols is 1. The van der Waals surface area contributed by atoms with Crippen molar-refractivity contribution in [2.75, 3.05) is 0 Å². The summed E-state index contributed by atoms with van der Waals surface area (Å²) in [7, 11) is 0. The molecule has 1 unspecified atom stereocenters. The quantitative estimate of drug-likeness (QED) is 0.796. The Morgan fingerprint density at radius 2 is 1.76 bits per heavy atom. The molecule has 1 atom stereocenters. The molecule has 0 amide bonds. The van der Waals surface area contributed by atoms with Gasteiger partial charge in [0.1, 0.15) is 5.75 Å². The van der Waals surface area contributed by atoms with E-state index in [9.17, 15) is 15.0 Å². The number of rotatable bonds is 3. The molecule has 0 saturated carbocycles. The molecule has 0 bridgehead atoms. The second kappa shape index (κ2) is 4.82. The van der Waals surface area contributed by atoms with Gasteiger partial charge in [-0.1, -0.05) is 30.3 Å². The van der Waals surface area contributed by atoms with E-state index in [0.717, 1.165) is 0 Å². The molecule has 21 heavy (non-hydrogen) atoms. The summed E-state index contributed by atoms with van der Waals surface area (Å²) in [5.41, 5.74) is 1.28. The average Bonchev–Trinajstić information content (AvgIpc) is 2.95. The fraction of sp³-hybridized carbons (Fsp3) is 0.0667. The maximum atomic E-state index is 11.7. The number of hydrogen-bond donors (Lipinski definition) is 3. The number of carboxylic acids is 1. The van der Waals surface area contributed by atoms with Crippen LogP contribution in [0.2, 0.25) is 0 Å². The monoisotopic (exact) mass is 284 g/mol. The lowest BCUT2D eigenvalue weighted by molar-refractivity contribution is -0.159. The van der Waals surface area contributed by atoms with Crippen LogP contribution in [0.4, 0.5) is 0 Å². The minimum Gasteiger partial charge on any atom is -0.507 e. The first-order valence-electron chi connectivity index (χ1n) is 6.24. The van der Waals surface area contributed by atoms with E-state index in [1.165, 1.54) is 12.1 Å². The third-order valence-corrected chi connectivity index (χ3v) is 3.17. The van der Waals surface area contributed by atoms with Crippen molar-refractivity contribution >= 4 is 11.9 Å². The normalized spacial score (nSPS) is 20.3. The van der Waals surface area contributed by atoms with Crippen molar-refractivity contribution in [1.29, 1.82) is 0 Å². The van der Waals surface area contributed by atoms with E-state index in [0.29, 0.717) is 5.56 Å². The van der Waals surface area contributed by atoms with E-state index < -0.39 is 11.7 Å². The van der Waals surface area contributed by atoms with Gasteiger partial charge < -0.3 is 14.9 Å². The molecule has 6 nitrogen and oxygen atoms in total. The van der Waals surface area contributed by atoms with Crippen molar-refractivity contribution < 1.29 is 19.7 Å². The molecule has 1 heterocycles. The summed E-state index contributed by atoms with van der Waals surface area (Å²) >= 11 is 0. The van der Waals surface area contributed by atoms with Gasteiger partial charge in [-0.3, -0.25) is 5.43 Å². The molecule has 6 heteroatoms. The lowest BCUT2D eigenvalue weighted by atomic mass is 10.0. The molecule has 1 aliphatic rings. The van der Waals surface area contributed by atoms with Gasteiger partial charge in [-0.05, 0) is 24.3 Å². The molecule has 0 saturated heterocycles. The van der Waals surface area contributed by atoms with Crippen molar-refractivity contribution in [3.63, 3.8) is 0 Å². The molecule has 3 N–H and O–H groups in total. The maximum Gasteiger partial charge on any atom is 0.376 e. The Balaban J connectivity index is 2.01. The van der Waals surface area contributed by atoms with Gasteiger partial charge in [0, 0.05) is 5.56 Å². The first-order valence-corrected chi connectivity index (χ1v) is 6.24. The van der Waals surface area contributed by atoms with E-state index in [1.807, 2.05) is 6.07 Å². The molecule has 0 spiro atoms. The summed E-state index contributed by atoms with van der Waals surface area (Å²) in [4.78, 5) is 11.7. The Morgan fingerprint density at radius 1 is 1.10 bits per heavy atom. The second-order valence-corrected chi connectivity index (χ2v) is 4.50. The minimum atomic E-state index is -1.93. The molecule has 2 aromatic carbocycles. The Morgan fingerprint density at radius 3 is 2.43 bits per heavy atom. The number of aliphatic carboxylic acids is 1. The Bertz CT molecular complexity index is 715. The number of carboxylic acid groups (broad SMARTS) is 1. The topological polar surface area (TPSA) is 91.2 Å². The largest absolute Gasteiger partial charge is 0.507 e. The van der Waals surface area contributed by atoms with E-state index in [2.05, 4.69) is 10.5 Å². The van der Waals surface area contributed by atoms with Gasteiger partial charge in [0.05, 0.1) is 5.56 Å². The van der Waals surface area contributed by atoms with Crippen LogP contribution in [0.15, 0.2) is 59.7 Å². The molecular weight excluding hydrogens is 272 g/mol. The fourth-order valence-corrected chi connectivity index (χ4v) is 2.12. The number of phenolic OH excluding ortho intramolecular Hbond substituents is 1. The summed E-state index contributed by atoms with van der Waals surface area (Å²) in [6.07, 6.45) is 0. The molecule has 0 aromatic heterocycles. The predicted molar refractivity (Wildman–Crippen MR) is 74.6 cm³/mol. The van der Waals surface area contributed by atoms with Gasteiger partial charge in [-0.15, -0.1) is 5.10 Å². The molecule has 3 rings (SSSR count). The molecule has 1 aliphatic heterocycles. The molecule has 0 fully saturated rings. The molecular formula is C15H12N2O4. The maximum absolute atomic E-state index is 11.7. The summed E-state index contributed by atoms with van der Waals surface area (Å²) in [6, 6.07) is 15.0. The summed E-state index contributed by atoms with van der Waals surface area (Å²) in [6.45, 7) is 0. The molecule has 2 aromatic rings. The highest BCUT2D eigenvalue weighted by molar-refractivity contribution is 5.98. The molecule has 106 valence electrons. The van der Waals surface area contributed by atoms with Gasteiger partial charge in [0.25, 0.3) is 0 Å². The van der Waals surface area contributed by atoms with Gasteiger partial charge in [0.15, 0.2) is 0 Å². The number of carbonyl (C=O) groups is 1. The number of ether oxygens (including phenoxy) is 1. The van der Waals surface area contributed by atoms with Crippen LogP contribution in [0.25, 0.3) is 0 Å². The second-order valence-electron chi connectivity index (χ2n) is 4.50. The van der Waals surface area contributed by atoms with Crippen LogP contribution in [0, 0.1) is 0 Å². The zero-order valence-electron chi connectivity index (χ0n) is 10.9. The highest BCUT2D eigenvalue weighted by Crippen LogP contribution is 2.34. The molecule has 0 aliphatic carbocycles. The third kappa shape index (κ3) is 2.06. The standard InChI is InChI=1S/C15H12N2O4/c18-12-9-5-4-8-11(12)15(14(19)20)17-16-13(21-15)10-6-2-1-3-7-10/h1-9,17-18H,(H,19,20). The van der Waals surface area contributed by atoms with Crippen LogP contribution in [0.3, 0.4) is 0 Å². The SMILES string of the molecule is O=C(O)C1(c2ccccc2O)NN=C(c2ccccc2)O1. The van der Waals surface area contributed by atoms with E-state index in [4.69, 9.17) is 4.74 Å². The number of benzene rings is 2. The number of hydrazone groups is 1. The number of nitrogens with one attached hydrogen (secondary N) is 1. The zero-order valence-corrected chi connectivity index (χ0v) is 10.9. The smallest absolute Gasteiger partial charge is 0.376 e. The summed E-state index contributed by atoms with van der Waals surface area (Å²) in [5.74, 6) is -1.32. The predicted octanol–water partition coefficient (Wildman–Crippen LogP) is 1.61. The van der Waals surface area contributed by atoms with Crippen molar-refractivity contribution in [2.24, 2.45) is 5.10 Å². The van der Waals surface area contributed by atoms with Gasteiger partial charge in [-0.2, -0.15) is 0 Å². The molecule has 0 radical (unpaired) electrons. The van der Waals surface area contributed by atoms with Crippen LogP contribution in [-0.2, 0) is 15.3 Å². The Labute approximate surface area is 120 Å².